The second-order valence-corrected chi connectivity index (χ2v) is 6.93. The summed E-state index contributed by atoms with van der Waals surface area (Å²) in [6.45, 7) is 4.56. The molecule has 2 N–H and O–H groups in total. The number of carbonyl (C=O) groups is 1. The molecule has 3 aromatic rings. The molecule has 4 rings (SSSR count). The summed E-state index contributed by atoms with van der Waals surface area (Å²) in [4.78, 5) is 24.9. The van der Waals surface area contributed by atoms with Crippen LogP contribution in [0.5, 0.6) is 5.75 Å². The molecule has 0 saturated carbocycles. The maximum Gasteiger partial charge on any atom is 0.271 e. The van der Waals surface area contributed by atoms with E-state index in [1.165, 1.54) is 0 Å². The van der Waals surface area contributed by atoms with Gasteiger partial charge in [0.2, 0.25) is 0 Å². The van der Waals surface area contributed by atoms with Crippen molar-refractivity contribution in [1.29, 1.82) is 0 Å². The van der Waals surface area contributed by atoms with E-state index in [0.29, 0.717) is 24.5 Å². The van der Waals surface area contributed by atoms with Crippen LogP contribution in [0.4, 0.5) is 0 Å². The van der Waals surface area contributed by atoms with Gasteiger partial charge in [-0.25, -0.2) is 4.98 Å². The average molecular weight is 362 g/mol. The van der Waals surface area contributed by atoms with Gasteiger partial charge in [-0.15, -0.1) is 0 Å². The predicted octanol–water partition coefficient (Wildman–Crippen LogP) is 3.17. The zero-order valence-electron chi connectivity index (χ0n) is 15.7. The number of aromatic amines is 1. The molecular formula is C21H22N4O2. The van der Waals surface area contributed by atoms with Crippen LogP contribution in [0.1, 0.15) is 38.9 Å². The largest absolute Gasteiger partial charge is 0.497 e. The van der Waals surface area contributed by atoms with Crippen LogP contribution < -0.4 is 10.1 Å². The SMILES string of the molecule is COc1cccc(C2CNC(=O)c3nc(-c4cnc(C)c(C)c4)[nH]c3C2)c1. The summed E-state index contributed by atoms with van der Waals surface area (Å²) in [5.41, 5.74) is 5.42. The van der Waals surface area contributed by atoms with Crippen molar-refractivity contribution in [3.8, 4) is 17.1 Å². The van der Waals surface area contributed by atoms with Crippen molar-refractivity contribution in [1.82, 2.24) is 20.3 Å². The van der Waals surface area contributed by atoms with Crippen LogP contribution in [-0.2, 0) is 6.42 Å². The molecule has 0 bridgehead atoms. The molecule has 27 heavy (non-hydrogen) atoms. The van der Waals surface area contributed by atoms with E-state index in [0.717, 1.165) is 33.8 Å². The van der Waals surface area contributed by atoms with Gasteiger partial charge in [-0.1, -0.05) is 12.1 Å². The molecule has 3 heterocycles. The van der Waals surface area contributed by atoms with Crippen LogP contribution in [0.3, 0.4) is 0 Å². The Morgan fingerprint density at radius 2 is 2.07 bits per heavy atom. The highest BCUT2D eigenvalue weighted by Gasteiger charge is 2.26. The summed E-state index contributed by atoms with van der Waals surface area (Å²) in [5, 5.41) is 2.99. The molecule has 1 aliphatic heterocycles. The van der Waals surface area contributed by atoms with Crippen LogP contribution in [0, 0.1) is 13.8 Å². The maximum atomic E-state index is 12.5. The number of pyridine rings is 1. The van der Waals surface area contributed by atoms with Gasteiger partial charge in [0.25, 0.3) is 5.91 Å². The van der Waals surface area contributed by atoms with Gasteiger partial charge in [-0.2, -0.15) is 0 Å². The zero-order valence-corrected chi connectivity index (χ0v) is 15.7. The number of benzene rings is 1. The van der Waals surface area contributed by atoms with Crippen molar-refractivity contribution in [2.75, 3.05) is 13.7 Å². The maximum absolute atomic E-state index is 12.5. The first kappa shape index (κ1) is 17.3. The molecular weight excluding hydrogens is 340 g/mol. The number of hydrogen-bond acceptors (Lipinski definition) is 4. The number of carbonyl (C=O) groups excluding carboxylic acids is 1. The topological polar surface area (TPSA) is 79.9 Å². The van der Waals surface area contributed by atoms with Crippen LogP contribution in [0.15, 0.2) is 36.5 Å². The minimum atomic E-state index is -0.144. The number of methoxy groups -OCH3 is 1. The molecule has 6 heteroatoms. The summed E-state index contributed by atoms with van der Waals surface area (Å²) in [6.07, 6.45) is 2.49. The molecule has 2 aromatic heterocycles. The molecule has 1 aliphatic rings. The van der Waals surface area contributed by atoms with Crippen LogP contribution in [0.2, 0.25) is 0 Å². The summed E-state index contributed by atoms with van der Waals surface area (Å²) in [6, 6.07) is 10.0. The highest BCUT2D eigenvalue weighted by Crippen LogP contribution is 2.28. The van der Waals surface area contributed by atoms with Crippen molar-refractivity contribution in [2.45, 2.75) is 26.2 Å². The van der Waals surface area contributed by atoms with Crippen molar-refractivity contribution in [2.24, 2.45) is 0 Å². The van der Waals surface area contributed by atoms with Crippen molar-refractivity contribution < 1.29 is 9.53 Å². The molecule has 0 saturated heterocycles. The summed E-state index contributed by atoms with van der Waals surface area (Å²) >= 11 is 0. The average Bonchev–Trinajstić information content (AvgIpc) is 3.04. The number of ether oxygens (including phenoxy) is 1. The number of nitrogens with one attached hydrogen (secondary N) is 2. The van der Waals surface area contributed by atoms with Crippen LogP contribution >= 0.6 is 0 Å². The fraction of sp³-hybridized carbons (Fsp3) is 0.286. The number of H-pyrrole nitrogens is 1. The Morgan fingerprint density at radius 1 is 1.22 bits per heavy atom. The quantitative estimate of drug-likeness (QED) is 0.750. The van der Waals surface area contributed by atoms with Crippen molar-refractivity contribution in [3.63, 3.8) is 0 Å². The van der Waals surface area contributed by atoms with Gasteiger partial charge in [0.05, 0.1) is 7.11 Å². The first-order chi connectivity index (χ1) is 13.0. The Labute approximate surface area is 158 Å². The molecule has 0 spiro atoms. The van der Waals surface area contributed by atoms with Gasteiger partial charge in [0.15, 0.2) is 0 Å². The molecule has 6 nitrogen and oxygen atoms in total. The van der Waals surface area contributed by atoms with E-state index in [1.807, 2.05) is 38.1 Å². The van der Waals surface area contributed by atoms with Crippen LogP contribution in [0.25, 0.3) is 11.4 Å². The molecule has 0 fully saturated rings. The van der Waals surface area contributed by atoms with Crippen molar-refractivity contribution in [3.05, 3.63) is 64.7 Å². The fourth-order valence-corrected chi connectivity index (χ4v) is 3.40. The van der Waals surface area contributed by atoms with Crippen LogP contribution in [-0.4, -0.2) is 34.5 Å². The normalized spacial score (nSPS) is 16.4. The monoisotopic (exact) mass is 362 g/mol. The summed E-state index contributed by atoms with van der Waals surface area (Å²) in [7, 11) is 1.66. The van der Waals surface area contributed by atoms with Gasteiger partial charge >= 0.3 is 0 Å². The van der Waals surface area contributed by atoms with E-state index >= 15 is 0 Å². The fourth-order valence-electron chi connectivity index (χ4n) is 3.40. The second kappa shape index (κ2) is 6.87. The Hall–Kier alpha value is -3.15. The van der Waals surface area contributed by atoms with E-state index in [4.69, 9.17) is 4.74 Å². The molecule has 1 aromatic carbocycles. The number of hydrogen-bond donors (Lipinski definition) is 2. The molecule has 0 aliphatic carbocycles. The Balaban J connectivity index is 1.69. The summed E-state index contributed by atoms with van der Waals surface area (Å²) < 4.78 is 5.34. The number of amides is 1. The second-order valence-electron chi connectivity index (χ2n) is 6.93. The van der Waals surface area contributed by atoms with E-state index in [2.05, 4.69) is 26.3 Å². The molecule has 1 unspecified atom stereocenters. The van der Waals surface area contributed by atoms with Gasteiger partial charge < -0.3 is 15.0 Å². The lowest BCUT2D eigenvalue weighted by Crippen LogP contribution is -2.26. The summed E-state index contributed by atoms with van der Waals surface area (Å²) in [5.74, 6) is 1.50. The molecule has 0 radical (unpaired) electrons. The minimum absolute atomic E-state index is 0.144. The third kappa shape index (κ3) is 3.30. The smallest absolute Gasteiger partial charge is 0.271 e. The van der Waals surface area contributed by atoms with Gasteiger partial charge in [-0.3, -0.25) is 9.78 Å². The lowest BCUT2D eigenvalue weighted by Gasteiger charge is -2.15. The predicted molar refractivity (Wildman–Crippen MR) is 103 cm³/mol. The highest BCUT2D eigenvalue weighted by molar-refractivity contribution is 5.94. The van der Waals surface area contributed by atoms with Crippen molar-refractivity contribution >= 4 is 5.91 Å². The lowest BCUT2D eigenvalue weighted by molar-refractivity contribution is 0.0950. The molecule has 1 atom stereocenters. The minimum Gasteiger partial charge on any atom is -0.497 e. The first-order valence-corrected chi connectivity index (χ1v) is 9.00. The number of nitrogens with zero attached hydrogens (tertiary/aromatic N) is 2. The lowest BCUT2D eigenvalue weighted by atomic mass is 9.94. The van der Waals surface area contributed by atoms with Gasteiger partial charge in [0.1, 0.15) is 17.3 Å². The van der Waals surface area contributed by atoms with E-state index in [9.17, 15) is 4.79 Å². The third-order valence-electron chi connectivity index (χ3n) is 5.13. The third-order valence-corrected chi connectivity index (χ3v) is 5.13. The number of fused-ring (bicyclic) bond motifs is 1. The number of imidazole rings is 1. The number of rotatable bonds is 3. The molecule has 1 amide bonds. The number of aromatic nitrogens is 3. The van der Waals surface area contributed by atoms with E-state index in [-0.39, 0.29) is 11.8 Å². The highest BCUT2D eigenvalue weighted by atomic mass is 16.5. The Morgan fingerprint density at radius 3 is 2.85 bits per heavy atom. The van der Waals surface area contributed by atoms with E-state index < -0.39 is 0 Å². The zero-order chi connectivity index (χ0) is 19.0. The van der Waals surface area contributed by atoms with Gasteiger partial charge in [0, 0.05) is 35.6 Å². The van der Waals surface area contributed by atoms with E-state index in [1.54, 1.807) is 13.3 Å². The first-order valence-electron chi connectivity index (χ1n) is 9.00. The number of aryl methyl sites for hydroxylation is 2. The van der Waals surface area contributed by atoms with Gasteiger partial charge in [-0.05, 0) is 49.6 Å². The standard InChI is InChI=1S/C21H22N4O2/c1-12-7-16(11-22-13(12)2)20-24-18-9-15(10-23-21(26)19(18)25-20)14-5-4-6-17(8-14)27-3/h4-8,11,15H,9-10H2,1-3H3,(H,23,26)(H,24,25). The Kier molecular flexibility index (Phi) is 4.39. The molecule has 138 valence electrons. The Bertz CT molecular complexity index is 1010.